The summed E-state index contributed by atoms with van der Waals surface area (Å²) in [4.78, 5) is 0. The monoisotopic (exact) mass is 394 g/mol. The molecule has 108 valence electrons. The number of benzene rings is 1. The quantitative estimate of drug-likeness (QED) is 0.636. The molecule has 20 heavy (non-hydrogen) atoms. The molecule has 0 aliphatic rings. The molecule has 0 atom stereocenters. The second kappa shape index (κ2) is 5.05. The van der Waals surface area contributed by atoms with E-state index in [4.69, 9.17) is 0 Å². The molecule has 0 fully saturated rings. The highest BCUT2D eigenvalue weighted by atomic mass is 127. The lowest BCUT2D eigenvalue weighted by Crippen LogP contribution is -2.17. The van der Waals surface area contributed by atoms with Gasteiger partial charge in [-0.3, -0.25) is 0 Å². The Bertz CT molecular complexity index is 624. The lowest BCUT2D eigenvalue weighted by Gasteiger charge is -2.20. The third kappa shape index (κ3) is 2.99. The third-order valence-corrected chi connectivity index (χ3v) is 3.76. The Morgan fingerprint density at radius 2 is 1.70 bits per heavy atom. The van der Waals surface area contributed by atoms with Gasteiger partial charge in [-0.05, 0) is 40.8 Å². The number of hydrogen-bond acceptors (Lipinski definition) is 1. The predicted molar refractivity (Wildman–Crippen MR) is 80.0 cm³/mol. The molecule has 0 aliphatic carbocycles. The van der Waals surface area contributed by atoms with E-state index < -0.39 is 17.3 Å². The summed E-state index contributed by atoms with van der Waals surface area (Å²) in [7, 11) is 0. The van der Waals surface area contributed by atoms with Crippen LogP contribution in [0.1, 0.15) is 32.2 Å². The van der Waals surface area contributed by atoms with Gasteiger partial charge in [0, 0.05) is 8.99 Å². The van der Waals surface area contributed by atoms with E-state index in [2.05, 4.69) is 27.7 Å². The van der Waals surface area contributed by atoms with Crippen molar-refractivity contribution in [2.45, 2.75) is 32.4 Å². The van der Waals surface area contributed by atoms with Crippen LogP contribution in [0, 0.1) is 3.57 Å². The van der Waals surface area contributed by atoms with Crippen molar-refractivity contribution in [2.75, 3.05) is 0 Å². The first-order chi connectivity index (χ1) is 9.10. The number of rotatable bonds is 1. The Morgan fingerprint density at radius 3 is 2.20 bits per heavy atom. The van der Waals surface area contributed by atoms with Gasteiger partial charge in [-0.25, -0.2) is 4.68 Å². The zero-order chi connectivity index (χ0) is 15.1. The largest absolute Gasteiger partial charge is 0.435 e. The van der Waals surface area contributed by atoms with Crippen LogP contribution in [0.25, 0.3) is 5.69 Å². The van der Waals surface area contributed by atoms with E-state index in [1.54, 1.807) is 12.1 Å². The summed E-state index contributed by atoms with van der Waals surface area (Å²) >= 11 is 2.10. The van der Waals surface area contributed by atoms with Crippen molar-refractivity contribution < 1.29 is 13.2 Å². The zero-order valence-corrected chi connectivity index (χ0v) is 13.5. The van der Waals surface area contributed by atoms with Crippen molar-refractivity contribution >= 4 is 22.6 Å². The fourth-order valence-corrected chi connectivity index (χ4v) is 2.48. The highest BCUT2D eigenvalue weighted by molar-refractivity contribution is 14.1. The van der Waals surface area contributed by atoms with Gasteiger partial charge in [0.05, 0.1) is 11.4 Å². The number of nitrogens with zero attached hydrogens (tertiary/aromatic N) is 2. The van der Waals surface area contributed by atoms with Crippen LogP contribution >= 0.6 is 22.6 Å². The summed E-state index contributed by atoms with van der Waals surface area (Å²) in [5.74, 6) is 0. The number of halogens is 4. The smallest absolute Gasteiger partial charge is 0.236 e. The van der Waals surface area contributed by atoms with Gasteiger partial charge in [-0.1, -0.05) is 32.9 Å². The van der Waals surface area contributed by atoms with Crippen LogP contribution in [-0.4, -0.2) is 9.78 Å². The second-order valence-corrected chi connectivity index (χ2v) is 6.69. The van der Waals surface area contributed by atoms with Crippen LogP contribution in [0.5, 0.6) is 0 Å². The van der Waals surface area contributed by atoms with Crippen LogP contribution in [-0.2, 0) is 11.6 Å². The van der Waals surface area contributed by atoms with E-state index in [1.165, 1.54) is 4.68 Å². The van der Waals surface area contributed by atoms with Gasteiger partial charge in [-0.2, -0.15) is 18.3 Å². The molecule has 2 rings (SSSR count). The Hall–Kier alpha value is -1.05. The standard InChI is InChI=1S/C14H14F3IN2/c1-13(2,3)12-8-11(14(15,16)17)19-20(12)10-7-5-4-6-9(10)18/h4-8H,1-3H3. The average Bonchev–Trinajstić information content (AvgIpc) is 2.73. The first kappa shape index (κ1) is 15.3. The maximum absolute atomic E-state index is 12.9. The van der Waals surface area contributed by atoms with Crippen molar-refractivity contribution in [1.29, 1.82) is 0 Å². The molecular formula is C14H14F3IN2. The topological polar surface area (TPSA) is 17.8 Å². The van der Waals surface area contributed by atoms with Crippen LogP contribution in [0.15, 0.2) is 30.3 Å². The Kier molecular flexibility index (Phi) is 3.88. The second-order valence-electron chi connectivity index (χ2n) is 5.53. The fourth-order valence-electron chi connectivity index (χ4n) is 1.86. The van der Waals surface area contributed by atoms with E-state index in [-0.39, 0.29) is 0 Å². The molecule has 0 radical (unpaired) electrons. The molecule has 0 saturated carbocycles. The molecule has 0 spiro atoms. The lowest BCUT2D eigenvalue weighted by atomic mass is 9.91. The highest BCUT2D eigenvalue weighted by Gasteiger charge is 2.37. The van der Waals surface area contributed by atoms with Crippen molar-refractivity contribution in [3.05, 3.63) is 45.3 Å². The molecular weight excluding hydrogens is 380 g/mol. The molecule has 0 amide bonds. The Labute approximate surface area is 129 Å². The number of hydrogen-bond donors (Lipinski definition) is 0. The van der Waals surface area contributed by atoms with Crippen molar-refractivity contribution in [3.8, 4) is 5.69 Å². The molecule has 1 aromatic heterocycles. The first-order valence-corrected chi connectivity index (χ1v) is 7.11. The summed E-state index contributed by atoms with van der Waals surface area (Å²) in [6.45, 7) is 5.61. The van der Waals surface area contributed by atoms with E-state index >= 15 is 0 Å². The van der Waals surface area contributed by atoms with Gasteiger partial charge in [-0.15, -0.1) is 0 Å². The van der Waals surface area contributed by atoms with Crippen molar-refractivity contribution in [3.63, 3.8) is 0 Å². The van der Waals surface area contributed by atoms with Gasteiger partial charge in [0.2, 0.25) is 0 Å². The fraction of sp³-hybridized carbons (Fsp3) is 0.357. The first-order valence-electron chi connectivity index (χ1n) is 6.03. The number of alkyl halides is 3. The minimum Gasteiger partial charge on any atom is -0.236 e. The van der Waals surface area contributed by atoms with Gasteiger partial charge in [0.1, 0.15) is 0 Å². The molecule has 1 heterocycles. The van der Waals surface area contributed by atoms with Crippen LogP contribution < -0.4 is 0 Å². The van der Waals surface area contributed by atoms with Gasteiger partial charge in [0.15, 0.2) is 5.69 Å². The van der Waals surface area contributed by atoms with Gasteiger partial charge >= 0.3 is 6.18 Å². The Balaban J connectivity index is 2.69. The van der Waals surface area contributed by atoms with Crippen molar-refractivity contribution in [1.82, 2.24) is 9.78 Å². The molecule has 0 aliphatic heterocycles. The zero-order valence-electron chi connectivity index (χ0n) is 11.3. The van der Waals surface area contributed by atoms with Crippen LogP contribution in [0.3, 0.4) is 0 Å². The molecule has 0 unspecified atom stereocenters. The molecule has 1 aromatic carbocycles. The third-order valence-electron chi connectivity index (χ3n) is 2.85. The number of para-hydroxylation sites is 1. The summed E-state index contributed by atoms with van der Waals surface area (Å²) in [6.07, 6.45) is -4.44. The summed E-state index contributed by atoms with van der Waals surface area (Å²) in [6, 6.07) is 8.37. The maximum atomic E-state index is 12.9. The summed E-state index contributed by atoms with van der Waals surface area (Å²) in [5.41, 5.74) is -0.0976. The molecule has 2 nitrogen and oxygen atoms in total. The molecule has 2 aromatic rings. The van der Waals surface area contributed by atoms with E-state index in [0.29, 0.717) is 11.4 Å². The lowest BCUT2D eigenvalue weighted by molar-refractivity contribution is -0.141. The maximum Gasteiger partial charge on any atom is 0.435 e. The minimum absolute atomic E-state index is 0.435. The van der Waals surface area contributed by atoms with Gasteiger partial charge in [0.25, 0.3) is 0 Å². The molecule has 6 heteroatoms. The van der Waals surface area contributed by atoms with Crippen LogP contribution in [0.4, 0.5) is 13.2 Å². The van der Waals surface area contributed by atoms with Crippen LogP contribution in [0.2, 0.25) is 0 Å². The Morgan fingerprint density at radius 1 is 1.10 bits per heavy atom. The highest BCUT2D eigenvalue weighted by Crippen LogP contribution is 2.34. The number of aromatic nitrogens is 2. The van der Waals surface area contributed by atoms with E-state index in [0.717, 1.165) is 9.64 Å². The minimum atomic E-state index is -4.44. The average molecular weight is 394 g/mol. The van der Waals surface area contributed by atoms with E-state index in [9.17, 15) is 13.2 Å². The summed E-state index contributed by atoms with van der Waals surface area (Å²) < 4.78 is 41.0. The van der Waals surface area contributed by atoms with E-state index in [1.807, 2.05) is 32.9 Å². The van der Waals surface area contributed by atoms with Gasteiger partial charge < -0.3 is 0 Å². The molecule has 0 N–H and O–H groups in total. The SMILES string of the molecule is CC(C)(C)c1cc(C(F)(F)F)nn1-c1ccccc1I. The summed E-state index contributed by atoms with van der Waals surface area (Å²) in [5, 5.41) is 3.77. The molecule has 0 saturated heterocycles. The normalized spacial score (nSPS) is 12.8. The van der Waals surface area contributed by atoms with Crippen molar-refractivity contribution in [2.24, 2.45) is 0 Å². The predicted octanol–water partition coefficient (Wildman–Crippen LogP) is 4.79. The molecule has 0 bridgehead atoms.